The van der Waals surface area contributed by atoms with Crippen molar-refractivity contribution in [2.45, 2.75) is 32.6 Å². The van der Waals surface area contributed by atoms with Crippen molar-refractivity contribution in [3.05, 3.63) is 34.3 Å². The molecule has 23 heavy (non-hydrogen) atoms. The van der Waals surface area contributed by atoms with Gasteiger partial charge >= 0.3 is 5.97 Å². The van der Waals surface area contributed by atoms with Gasteiger partial charge in [0.2, 0.25) is 5.91 Å². The van der Waals surface area contributed by atoms with Crippen molar-refractivity contribution in [1.29, 1.82) is 0 Å². The van der Waals surface area contributed by atoms with E-state index in [0.717, 1.165) is 16.5 Å². The van der Waals surface area contributed by atoms with Crippen molar-refractivity contribution in [1.82, 2.24) is 5.32 Å². The summed E-state index contributed by atoms with van der Waals surface area (Å²) in [5.74, 6) is -1.18. The van der Waals surface area contributed by atoms with E-state index in [1.165, 1.54) is 7.11 Å². The number of esters is 1. The number of carbonyl (C=O) groups is 3. The zero-order valence-corrected chi connectivity index (χ0v) is 15.0. The minimum Gasteiger partial charge on any atom is -0.468 e. The fraction of sp³-hybridized carbons (Fsp3) is 0.471. The van der Waals surface area contributed by atoms with Gasteiger partial charge in [0, 0.05) is 23.2 Å². The largest absolute Gasteiger partial charge is 0.468 e. The lowest BCUT2D eigenvalue weighted by molar-refractivity contribution is -0.141. The minimum absolute atomic E-state index is 0.0130. The van der Waals surface area contributed by atoms with E-state index < -0.39 is 11.9 Å². The van der Waals surface area contributed by atoms with Gasteiger partial charge < -0.3 is 10.1 Å². The third kappa shape index (κ3) is 7.41. The molecule has 5 nitrogen and oxygen atoms in total. The third-order valence-corrected chi connectivity index (χ3v) is 3.96. The molecular weight excluding hydrogens is 362 g/mol. The molecule has 1 rings (SSSR count). The Balaban J connectivity index is 2.56. The van der Waals surface area contributed by atoms with Crippen LogP contribution < -0.4 is 5.32 Å². The maximum absolute atomic E-state index is 12.2. The molecule has 1 atom stereocenters. The number of rotatable bonds is 9. The number of Topliss-reactive ketones (excluding diaryl/α,β-unsaturated/α-hetero) is 1. The summed E-state index contributed by atoms with van der Waals surface area (Å²) in [5, 5.41) is 2.52. The van der Waals surface area contributed by atoms with Gasteiger partial charge in [0.25, 0.3) is 0 Å². The molecule has 0 bridgehead atoms. The number of hydrogen-bond acceptors (Lipinski definition) is 4. The van der Waals surface area contributed by atoms with E-state index in [1.807, 2.05) is 31.2 Å². The maximum atomic E-state index is 12.2. The Hall–Kier alpha value is -1.69. The van der Waals surface area contributed by atoms with Gasteiger partial charge in [-0.3, -0.25) is 14.4 Å². The predicted molar refractivity (Wildman–Crippen MR) is 90.9 cm³/mol. The number of halogens is 1. The lowest BCUT2D eigenvalue weighted by Crippen LogP contribution is -2.36. The summed E-state index contributed by atoms with van der Waals surface area (Å²) in [7, 11) is 1.26. The number of nitrogens with one attached hydrogen (secondary N) is 1. The molecular formula is C17H22BrNO4. The lowest BCUT2D eigenvalue weighted by atomic mass is 9.94. The van der Waals surface area contributed by atoms with Crippen LogP contribution in [0.15, 0.2) is 28.7 Å². The van der Waals surface area contributed by atoms with Crippen LogP contribution in [0.4, 0.5) is 0 Å². The number of carbonyl (C=O) groups excluding carboxylic acids is 3. The first-order valence-corrected chi connectivity index (χ1v) is 8.36. The zero-order valence-electron chi connectivity index (χ0n) is 13.4. The van der Waals surface area contributed by atoms with E-state index in [-0.39, 0.29) is 24.7 Å². The monoisotopic (exact) mass is 383 g/mol. The van der Waals surface area contributed by atoms with Crippen molar-refractivity contribution in [3.8, 4) is 0 Å². The zero-order chi connectivity index (χ0) is 17.2. The molecule has 1 amide bonds. The summed E-state index contributed by atoms with van der Waals surface area (Å²) >= 11 is 3.35. The predicted octanol–water partition coefficient (Wildman–Crippen LogP) is 2.66. The Morgan fingerprint density at radius 1 is 1.22 bits per heavy atom. The van der Waals surface area contributed by atoms with E-state index in [0.29, 0.717) is 12.8 Å². The van der Waals surface area contributed by atoms with E-state index >= 15 is 0 Å². The molecule has 0 radical (unpaired) electrons. The van der Waals surface area contributed by atoms with Gasteiger partial charge in [0.05, 0.1) is 7.11 Å². The normalized spacial score (nSPS) is 11.6. The molecule has 126 valence electrons. The Bertz CT molecular complexity index is 542. The number of ether oxygens (including phenoxy) is 1. The highest BCUT2D eigenvalue weighted by Crippen LogP contribution is 2.16. The summed E-state index contributed by atoms with van der Waals surface area (Å²) in [4.78, 5) is 35.4. The first kappa shape index (κ1) is 19.4. The molecule has 0 saturated heterocycles. The smallest absolute Gasteiger partial charge is 0.325 e. The van der Waals surface area contributed by atoms with Crippen LogP contribution >= 0.6 is 15.9 Å². The lowest BCUT2D eigenvalue weighted by Gasteiger charge is -2.15. The Kier molecular flexibility index (Phi) is 8.55. The van der Waals surface area contributed by atoms with Crippen LogP contribution in [0.2, 0.25) is 0 Å². The number of ketones is 1. The van der Waals surface area contributed by atoms with E-state index in [1.54, 1.807) is 0 Å². The number of methoxy groups -OCH3 is 1. The van der Waals surface area contributed by atoms with Gasteiger partial charge in [-0.25, -0.2) is 0 Å². The van der Waals surface area contributed by atoms with Gasteiger partial charge in [-0.05, 0) is 24.1 Å². The molecule has 1 aromatic carbocycles. The van der Waals surface area contributed by atoms with E-state index in [9.17, 15) is 14.4 Å². The van der Waals surface area contributed by atoms with Crippen molar-refractivity contribution in [2.24, 2.45) is 5.92 Å². The summed E-state index contributed by atoms with van der Waals surface area (Å²) in [5.41, 5.74) is 0.920. The number of amides is 1. The van der Waals surface area contributed by atoms with Gasteiger partial charge in [0.1, 0.15) is 12.3 Å². The van der Waals surface area contributed by atoms with Crippen LogP contribution in [0.3, 0.4) is 0 Å². The van der Waals surface area contributed by atoms with Gasteiger partial charge in [-0.15, -0.1) is 0 Å². The highest BCUT2D eigenvalue weighted by molar-refractivity contribution is 9.10. The van der Waals surface area contributed by atoms with Crippen LogP contribution in [-0.2, 0) is 25.5 Å². The first-order chi connectivity index (χ1) is 11.0. The Morgan fingerprint density at radius 3 is 2.43 bits per heavy atom. The summed E-state index contributed by atoms with van der Waals surface area (Å²) in [6.07, 6.45) is 1.88. The molecule has 0 saturated carbocycles. The molecule has 0 spiro atoms. The van der Waals surface area contributed by atoms with Gasteiger partial charge in [-0.1, -0.05) is 41.4 Å². The van der Waals surface area contributed by atoms with Crippen LogP contribution in [0.25, 0.3) is 0 Å². The van der Waals surface area contributed by atoms with Crippen molar-refractivity contribution in [2.75, 3.05) is 13.7 Å². The highest BCUT2D eigenvalue weighted by atomic mass is 79.9. The van der Waals surface area contributed by atoms with Crippen LogP contribution in [0, 0.1) is 5.92 Å². The minimum atomic E-state index is -0.505. The Labute approximate surface area is 144 Å². The van der Waals surface area contributed by atoms with Crippen molar-refractivity contribution < 1.29 is 19.1 Å². The molecule has 0 aliphatic rings. The third-order valence-electron chi connectivity index (χ3n) is 3.43. The molecule has 0 heterocycles. The molecule has 6 heteroatoms. The molecule has 1 aromatic rings. The second-order valence-corrected chi connectivity index (χ2v) is 6.24. The van der Waals surface area contributed by atoms with Crippen LogP contribution in [0.5, 0.6) is 0 Å². The van der Waals surface area contributed by atoms with Crippen LogP contribution in [0.1, 0.15) is 31.7 Å². The second-order valence-electron chi connectivity index (χ2n) is 5.33. The quantitative estimate of drug-likeness (QED) is 0.665. The van der Waals surface area contributed by atoms with Gasteiger partial charge in [-0.2, -0.15) is 0 Å². The molecule has 0 fully saturated rings. The van der Waals surface area contributed by atoms with Crippen molar-refractivity contribution >= 4 is 33.6 Å². The first-order valence-electron chi connectivity index (χ1n) is 7.57. The molecule has 1 N–H and O–H groups in total. The molecule has 0 aliphatic heterocycles. The SMILES string of the molecule is CCC[C@H](CC(=O)Cc1ccc(Br)cc1)C(=O)NCC(=O)OC. The van der Waals surface area contributed by atoms with Crippen molar-refractivity contribution in [3.63, 3.8) is 0 Å². The van der Waals surface area contributed by atoms with Gasteiger partial charge in [0.15, 0.2) is 0 Å². The summed E-state index contributed by atoms with van der Waals surface area (Å²) in [6, 6.07) is 7.53. The van der Waals surface area contributed by atoms with E-state index in [4.69, 9.17) is 0 Å². The maximum Gasteiger partial charge on any atom is 0.325 e. The summed E-state index contributed by atoms with van der Waals surface area (Å²) < 4.78 is 5.44. The standard InChI is InChI=1S/C17H22BrNO4/c1-3-4-13(17(22)19-11-16(21)23-2)10-15(20)9-12-5-7-14(18)8-6-12/h5-8,13H,3-4,9-11H2,1-2H3,(H,19,22)/t13-/m1/s1. The summed E-state index contributed by atoms with van der Waals surface area (Å²) in [6.45, 7) is 1.79. The average Bonchev–Trinajstić information content (AvgIpc) is 2.54. The molecule has 0 unspecified atom stereocenters. The van der Waals surface area contributed by atoms with Crippen LogP contribution in [-0.4, -0.2) is 31.3 Å². The number of hydrogen-bond donors (Lipinski definition) is 1. The highest BCUT2D eigenvalue weighted by Gasteiger charge is 2.21. The fourth-order valence-corrected chi connectivity index (χ4v) is 2.49. The Morgan fingerprint density at radius 2 is 1.87 bits per heavy atom. The fourth-order valence-electron chi connectivity index (χ4n) is 2.23. The molecule has 0 aromatic heterocycles. The average molecular weight is 384 g/mol. The number of benzene rings is 1. The topological polar surface area (TPSA) is 72.5 Å². The van der Waals surface area contributed by atoms with E-state index in [2.05, 4.69) is 26.0 Å². The second kappa shape index (κ2) is 10.2. The molecule has 0 aliphatic carbocycles.